The summed E-state index contributed by atoms with van der Waals surface area (Å²) in [6, 6.07) is 8.85. The van der Waals surface area contributed by atoms with Crippen molar-refractivity contribution in [3.05, 3.63) is 58.1 Å². The first-order valence-corrected chi connectivity index (χ1v) is 10.2. The van der Waals surface area contributed by atoms with Gasteiger partial charge < -0.3 is 0 Å². The Bertz CT molecular complexity index is 913. The summed E-state index contributed by atoms with van der Waals surface area (Å²) in [6.45, 7) is 4.36. The Morgan fingerprint density at radius 1 is 0.963 bits per heavy atom. The maximum Gasteiger partial charge on any atom is 0.395 e. The lowest BCUT2D eigenvalue weighted by Gasteiger charge is -2.29. The van der Waals surface area contributed by atoms with E-state index in [-0.39, 0.29) is 26.2 Å². The van der Waals surface area contributed by atoms with Gasteiger partial charge in [-0.1, -0.05) is 35.3 Å². The summed E-state index contributed by atoms with van der Waals surface area (Å²) in [6.07, 6.45) is -4.38. The van der Waals surface area contributed by atoms with Gasteiger partial charge in [-0.05, 0) is 56.7 Å². The SMILES string of the molecule is CC(C)N(c1ccc([C@@H](C)C(F)(F)F)cc1)S(=O)(=O)c1cc(Cl)ccc1Cl. The molecule has 2 aromatic rings. The highest BCUT2D eigenvalue weighted by molar-refractivity contribution is 7.93. The maximum absolute atomic E-state index is 13.1. The Kier molecular flexibility index (Phi) is 6.39. The molecule has 0 fully saturated rings. The van der Waals surface area contributed by atoms with Gasteiger partial charge in [0.25, 0.3) is 10.0 Å². The van der Waals surface area contributed by atoms with Gasteiger partial charge in [0.2, 0.25) is 0 Å². The monoisotopic (exact) mass is 439 g/mol. The summed E-state index contributed by atoms with van der Waals surface area (Å²) in [4.78, 5) is -0.168. The van der Waals surface area contributed by atoms with Crippen LogP contribution in [0.3, 0.4) is 0 Å². The summed E-state index contributed by atoms with van der Waals surface area (Å²) >= 11 is 11.9. The number of rotatable bonds is 5. The number of sulfonamides is 1. The molecule has 0 aromatic heterocycles. The van der Waals surface area contributed by atoms with Crippen LogP contribution in [0, 0.1) is 0 Å². The van der Waals surface area contributed by atoms with Crippen molar-refractivity contribution in [1.82, 2.24) is 0 Å². The topological polar surface area (TPSA) is 37.4 Å². The molecule has 0 spiro atoms. The van der Waals surface area contributed by atoms with Crippen LogP contribution in [0.25, 0.3) is 0 Å². The molecular weight excluding hydrogens is 422 g/mol. The lowest BCUT2D eigenvalue weighted by atomic mass is 10.0. The van der Waals surface area contributed by atoms with Crippen molar-refractivity contribution >= 4 is 38.9 Å². The van der Waals surface area contributed by atoms with Crippen LogP contribution in [0.2, 0.25) is 10.0 Å². The van der Waals surface area contributed by atoms with E-state index in [4.69, 9.17) is 23.2 Å². The molecule has 0 unspecified atom stereocenters. The number of hydrogen-bond acceptors (Lipinski definition) is 2. The van der Waals surface area contributed by atoms with E-state index in [9.17, 15) is 21.6 Å². The van der Waals surface area contributed by atoms with E-state index in [1.54, 1.807) is 13.8 Å². The summed E-state index contributed by atoms with van der Waals surface area (Å²) in [5, 5.41) is 0.211. The molecule has 2 rings (SSSR count). The standard InChI is InChI=1S/C18H18Cl2F3NO2S/c1-11(2)24(27(25,26)17-10-14(19)6-9-16(17)20)15-7-4-13(5-8-15)12(3)18(21,22)23/h4-12H,1-3H3/t12-/m1/s1. The molecule has 0 heterocycles. The van der Waals surface area contributed by atoms with Gasteiger partial charge >= 0.3 is 6.18 Å². The van der Waals surface area contributed by atoms with Gasteiger partial charge in [-0.3, -0.25) is 4.31 Å². The largest absolute Gasteiger partial charge is 0.395 e. The van der Waals surface area contributed by atoms with Crippen LogP contribution >= 0.6 is 23.2 Å². The lowest BCUT2D eigenvalue weighted by Crippen LogP contribution is -2.37. The molecule has 0 aliphatic heterocycles. The van der Waals surface area contributed by atoms with Gasteiger partial charge in [0.15, 0.2) is 0 Å². The van der Waals surface area contributed by atoms with Gasteiger partial charge in [-0.25, -0.2) is 8.42 Å². The van der Waals surface area contributed by atoms with Crippen LogP contribution in [0.5, 0.6) is 0 Å². The van der Waals surface area contributed by atoms with Crippen LogP contribution in [-0.4, -0.2) is 20.6 Å². The molecule has 0 amide bonds. The highest BCUT2D eigenvalue weighted by Gasteiger charge is 2.37. The van der Waals surface area contributed by atoms with Crippen LogP contribution in [-0.2, 0) is 10.0 Å². The van der Waals surface area contributed by atoms with Gasteiger partial charge in [0, 0.05) is 11.1 Å². The third-order valence-corrected chi connectivity index (χ3v) is 6.76. The Morgan fingerprint density at radius 3 is 2.00 bits per heavy atom. The molecular formula is C18H18Cl2F3NO2S. The zero-order valence-corrected chi connectivity index (χ0v) is 17.1. The van der Waals surface area contributed by atoms with Crippen LogP contribution in [0.1, 0.15) is 32.3 Å². The fourth-order valence-corrected chi connectivity index (χ4v) is 5.00. The normalized spacial score (nSPS) is 13.7. The molecule has 0 radical (unpaired) electrons. The molecule has 0 saturated heterocycles. The van der Waals surface area contributed by atoms with E-state index in [1.807, 2.05) is 0 Å². The van der Waals surface area contributed by atoms with Crippen LogP contribution in [0.4, 0.5) is 18.9 Å². The molecule has 1 atom stereocenters. The second kappa shape index (κ2) is 7.89. The molecule has 0 saturated carbocycles. The lowest BCUT2D eigenvalue weighted by molar-refractivity contribution is -0.146. The van der Waals surface area contributed by atoms with Crippen molar-refractivity contribution in [1.29, 1.82) is 0 Å². The van der Waals surface area contributed by atoms with Crippen molar-refractivity contribution in [3.63, 3.8) is 0 Å². The van der Waals surface area contributed by atoms with E-state index in [1.165, 1.54) is 42.5 Å². The molecule has 0 bridgehead atoms. The van der Waals surface area contributed by atoms with Crippen molar-refractivity contribution in [2.75, 3.05) is 4.31 Å². The fourth-order valence-electron chi connectivity index (χ4n) is 2.59. The quantitative estimate of drug-likeness (QED) is 0.550. The van der Waals surface area contributed by atoms with Crippen LogP contribution < -0.4 is 4.31 Å². The predicted molar refractivity (Wildman–Crippen MR) is 102 cm³/mol. The second-order valence-electron chi connectivity index (χ2n) is 6.32. The van der Waals surface area contributed by atoms with Crippen LogP contribution in [0.15, 0.2) is 47.4 Å². The summed E-state index contributed by atoms with van der Waals surface area (Å²) in [5.41, 5.74) is 0.285. The van der Waals surface area contributed by atoms with E-state index in [0.29, 0.717) is 0 Å². The Balaban J connectivity index is 2.50. The van der Waals surface area contributed by atoms with Crippen molar-refractivity contribution < 1.29 is 21.6 Å². The second-order valence-corrected chi connectivity index (χ2v) is 8.95. The molecule has 9 heteroatoms. The molecule has 3 nitrogen and oxygen atoms in total. The summed E-state index contributed by atoms with van der Waals surface area (Å²) in [5.74, 6) is -1.65. The minimum absolute atomic E-state index is 0.00682. The third-order valence-electron chi connectivity index (χ3n) is 4.04. The Labute approximate surface area is 166 Å². The number of alkyl halides is 3. The third kappa shape index (κ3) is 4.70. The smallest absolute Gasteiger partial charge is 0.264 e. The fraction of sp³-hybridized carbons (Fsp3) is 0.333. The van der Waals surface area contributed by atoms with Crippen molar-refractivity contribution in [2.24, 2.45) is 0 Å². The van der Waals surface area contributed by atoms with E-state index in [2.05, 4.69) is 0 Å². The Morgan fingerprint density at radius 2 is 1.52 bits per heavy atom. The predicted octanol–water partition coefficient (Wildman–Crippen LogP) is 6.26. The molecule has 2 aromatic carbocycles. The number of halogens is 5. The Hall–Kier alpha value is -1.44. The van der Waals surface area contributed by atoms with E-state index in [0.717, 1.165) is 11.2 Å². The van der Waals surface area contributed by atoms with Gasteiger partial charge in [0.05, 0.1) is 16.6 Å². The van der Waals surface area contributed by atoms with E-state index >= 15 is 0 Å². The molecule has 148 valence electrons. The summed E-state index contributed by atoms with van der Waals surface area (Å²) < 4.78 is 66.0. The van der Waals surface area contributed by atoms with Crippen molar-refractivity contribution in [2.45, 2.75) is 43.8 Å². The minimum atomic E-state index is -4.38. The molecule has 0 N–H and O–H groups in total. The number of benzene rings is 2. The van der Waals surface area contributed by atoms with Gasteiger partial charge in [0.1, 0.15) is 4.90 Å². The maximum atomic E-state index is 13.1. The molecule has 0 aliphatic rings. The first-order chi connectivity index (χ1) is 12.4. The summed E-state index contributed by atoms with van der Waals surface area (Å²) in [7, 11) is -4.07. The molecule has 27 heavy (non-hydrogen) atoms. The number of anilines is 1. The van der Waals surface area contributed by atoms with E-state index < -0.39 is 28.2 Å². The average molecular weight is 440 g/mol. The number of hydrogen-bond donors (Lipinski definition) is 0. The van der Waals surface area contributed by atoms with Gasteiger partial charge in [-0.2, -0.15) is 13.2 Å². The highest BCUT2D eigenvalue weighted by atomic mass is 35.5. The number of nitrogens with zero attached hydrogens (tertiary/aromatic N) is 1. The zero-order valence-electron chi connectivity index (χ0n) is 14.8. The average Bonchev–Trinajstić information content (AvgIpc) is 2.55. The highest BCUT2D eigenvalue weighted by Crippen LogP contribution is 2.36. The first-order valence-electron chi connectivity index (χ1n) is 8.02. The zero-order chi connectivity index (χ0) is 20.6. The van der Waals surface area contributed by atoms with Gasteiger partial charge in [-0.15, -0.1) is 0 Å². The van der Waals surface area contributed by atoms with Crippen molar-refractivity contribution in [3.8, 4) is 0 Å². The first kappa shape index (κ1) is 21.9. The molecule has 0 aliphatic carbocycles. The minimum Gasteiger partial charge on any atom is -0.264 e.